The molecule has 0 radical (unpaired) electrons. The fourth-order valence-corrected chi connectivity index (χ4v) is 2.15. The van der Waals surface area contributed by atoms with Crippen molar-refractivity contribution in [2.45, 2.75) is 33.7 Å². The van der Waals surface area contributed by atoms with E-state index in [9.17, 15) is 14.9 Å². The number of rotatable bonds is 5. The Morgan fingerprint density at radius 2 is 2.09 bits per heavy atom. The second-order valence-electron chi connectivity index (χ2n) is 5.14. The smallest absolute Gasteiger partial charge is 0.309 e. The van der Waals surface area contributed by atoms with Crippen molar-refractivity contribution >= 4 is 17.3 Å². The van der Waals surface area contributed by atoms with E-state index in [0.717, 1.165) is 16.8 Å². The third-order valence-corrected chi connectivity index (χ3v) is 3.70. The number of aryl methyl sites for hydroxylation is 2. The van der Waals surface area contributed by atoms with E-state index in [1.165, 1.54) is 10.9 Å². The van der Waals surface area contributed by atoms with Crippen LogP contribution in [-0.2, 0) is 11.3 Å². The molecular weight excluding hydrogens is 284 g/mol. The minimum absolute atomic E-state index is 0.0325. The van der Waals surface area contributed by atoms with Crippen LogP contribution in [0.1, 0.15) is 23.2 Å². The fraction of sp³-hybridized carbons (Fsp3) is 0.333. The van der Waals surface area contributed by atoms with Crippen molar-refractivity contribution in [2.75, 3.05) is 5.32 Å². The molecule has 0 spiro atoms. The van der Waals surface area contributed by atoms with Gasteiger partial charge in [-0.15, -0.1) is 0 Å². The zero-order valence-corrected chi connectivity index (χ0v) is 12.8. The van der Waals surface area contributed by atoms with E-state index < -0.39 is 4.92 Å². The Kier molecular flexibility index (Phi) is 4.55. The van der Waals surface area contributed by atoms with Crippen LogP contribution in [0.3, 0.4) is 0 Å². The molecule has 1 amide bonds. The van der Waals surface area contributed by atoms with Gasteiger partial charge in [-0.05, 0) is 38.0 Å². The number of nitrogens with zero attached hydrogens (tertiary/aromatic N) is 3. The molecule has 1 N–H and O–H groups in total. The minimum atomic E-state index is -0.477. The average Bonchev–Trinajstić information content (AvgIpc) is 2.83. The molecule has 0 saturated carbocycles. The number of hydrogen-bond donors (Lipinski definition) is 1. The molecule has 1 aromatic heterocycles. The minimum Gasteiger partial charge on any atom is -0.326 e. The van der Waals surface area contributed by atoms with Gasteiger partial charge in [0.15, 0.2) is 0 Å². The first-order valence-corrected chi connectivity index (χ1v) is 6.93. The Balaban J connectivity index is 1.99. The van der Waals surface area contributed by atoms with Crippen LogP contribution in [0.25, 0.3) is 0 Å². The van der Waals surface area contributed by atoms with Gasteiger partial charge in [-0.2, -0.15) is 5.10 Å². The van der Waals surface area contributed by atoms with Gasteiger partial charge in [-0.25, -0.2) is 0 Å². The third-order valence-electron chi connectivity index (χ3n) is 3.70. The predicted octanol–water partition coefficient (Wildman–Crippen LogP) is 2.75. The summed E-state index contributed by atoms with van der Waals surface area (Å²) in [4.78, 5) is 22.3. The van der Waals surface area contributed by atoms with Crippen molar-refractivity contribution in [3.05, 3.63) is 51.3 Å². The number of nitro groups is 1. The number of hydrogen-bond acceptors (Lipinski definition) is 4. The van der Waals surface area contributed by atoms with Crippen molar-refractivity contribution in [1.82, 2.24) is 9.78 Å². The lowest BCUT2D eigenvalue weighted by Crippen LogP contribution is -2.16. The lowest BCUT2D eigenvalue weighted by atomic mass is 10.1. The number of anilines is 1. The number of benzene rings is 1. The standard InChI is InChI=1S/C15H18N4O3/c1-10-5-4-6-13(11(10)2)17-15(20)7-8-18-12(3)14(9-16-18)19(21)22/h4-6,9H,7-8H2,1-3H3,(H,17,20). The maximum atomic E-state index is 12.0. The Labute approximate surface area is 128 Å². The van der Waals surface area contributed by atoms with Gasteiger partial charge < -0.3 is 5.32 Å². The first-order valence-electron chi connectivity index (χ1n) is 6.93. The second kappa shape index (κ2) is 6.38. The van der Waals surface area contributed by atoms with Crippen molar-refractivity contribution in [3.8, 4) is 0 Å². The number of carbonyl (C=O) groups excluding carboxylic acids is 1. The van der Waals surface area contributed by atoms with Crippen LogP contribution in [0.5, 0.6) is 0 Å². The highest BCUT2D eigenvalue weighted by atomic mass is 16.6. The van der Waals surface area contributed by atoms with Crippen molar-refractivity contribution in [2.24, 2.45) is 0 Å². The maximum Gasteiger partial charge on any atom is 0.309 e. The lowest BCUT2D eigenvalue weighted by Gasteiger charge is -2.10. The average molecular weight is 302 g/mol. The monoisotopic (exact) mass is 302 g/mol. The molecule has 0 bridgehead atoms. The van der Waals surface area contributed by atoms with E-state index in [2.05, 4.69) is 10.4 Å². The first-order chi connectivity index (χ1) is 10.4. The van der Waals surface area contributed by atoms with E-state index >= 15 is 0 Å². The highest BCUT2D eigenvalue weighted by molar-refractivity contribution is 5.91. The molecule has 22 heavy (non-hydrogen) atoms. The summed E-state index contributed by atoms with van der Waals surface area (Å²) in [6.45, 7) is 5.85. The SMILES string of the molecule is Cc1cccc(NC(=O)CCn2ncc([N+](=O)[O-])c2C)c1C. The molecule has 2 rings (SSSR count). The van der Waals surface area contributed by atoms with E-state index in [4.69, 9.17) is 0 Å². The zero-order chi connectivity index (χ0) is 16.3. The fourth-order valence-electron chi connectivity index (χ4n) is 2.15. The normalized spacial score (nSPS) is 10.5. The molecular formula is C15H18N4O3. The van der Waals surface area contributed by atoms with E-state index in [-0.39, 0.29) is 18.0 Å². The quantitative estimate of drug-likeness (QED) is 0.679. The van der Waals surface area contributed by atoms with Crippen LogP contribution < -0.4 is 5.32 Å². The molecule has 7 nitrogen and oxygen atoms in total. The van der Waals surface area contributed by atoms with Crippen LogP contribution in [0.15, 0.2) is 24.4 Å². The van der Waals surface area contributed by atoms with E-state index in [1.54, 1.807) is 6.92 Å². The molecule has 0 fully saturated rings. The maximum absolute atomic E-state index is 12.0. The Bertz CT molecular complexity index is 722. The summed E-state index contributed by atoms with van der Waals surface area (Å²) in [6.07, 6.45) is 1.41. The molecule has 7 heteroatoms. The van der Waals surface area contributed by atoms with Crippen LogP contribution in [0, 0.1) is 30.9 Å². The van der Waals surface area contributed by atoms with Crippen molar-refractivity contribution in [3.63, 3.8) is 0 Å². The van der Waals surface area contributed by atoms with Gasteiger partial charge in [0.2, 0.25) is 5.91 Å². The number of aromatic nitrogens is 2. The van der Waals surface area contributed by atoms with Crippen molar-refractivity contribution in [1.29, 1.82) is 0 Å². The largest absolute Gasteiger partial charge is 0.326 e. The van der Waals surface area contributed by atoms with Gasteiger partial charge in [-0.1, -0.05) is 12.1 Å². The van der Waals surface area contributed by atoms with Gasteiger partial charge in [0.1, 0.15) is 11.9 Å². The summed E-state index contributed by atoms with van der Waals surface area (Å²) in [5.41, 5.74) is 3.34. The molecule has 0 unspecified atom stereocenters. The number of amides is 1. The number of carbonyl (C=O) groups is 1. The molecule has 0 atom stereocenters. The Morgan fingerprint density at radius 1 is 1.36 bits per heavy atom. The van der Waals surface area contributed by atoms with Gasteiger partial charge in [0.05, 0.1) is 11.5 Å². The van der Waals surface area contributed by atoms with Gasteiger partial charge in [0, 0.05) is 12.1 Å². The van der Waals surface area contributed by atoms with Gasteiger partial charge in [-0.3, -0.25) is 19.6 Å². The molecule has 116 valence electrons. The molecule has 0 aliphatic heterocycles. The summed E-state index contributed by atoms with van der Waals surface area (Å²) >= 11 is 0. The highest BCUT2D eigenvalue weighted by Gasteiger charge is 2.16. The lowest BCUT2D eigenvalue weighted by molar-refractivity contribution is -0.385. The van der Waals surface area contributed by atoms with Gasteiger partial charge in [0.25, 0.3) is 0 Å². The summed E-state index contributed by atoms with van der Waals surface area (Å²) in [6, 6.07) is 5.72. The van der Waals surface area contributed by atoms with Crippen LogP contribution in [-0.4, -0.2) is 20.6 Å². The molecule has 1 aromatic carbocycles. The molecule has 1 heterocycles. The number of nitrogens with one attached hydrogen (secondary N) is 1. The molecule has 0 saturated heterocycles. The van der Waals surface area contributed by atoms with Crippen LogP contribution >= 0.6 is 0 Å². The third kappa shape index (κ3) is 3.30. The topological polar surface area (TPSA) is 90.1 Å². The zero-order valence-electron chi connectivity index (χ0n) is 12.8. The predicted molar refractivity (Wildman–Crippen MR) is 82.8 cm³/mol. The summed E-state index contributed by atoms with van der Waals surface area (Å²) in [5.74, 6) is -0.147. The van der Waals surface area contributed by atoms with Crippen molar-refractivity contribution < 1.29 is 9.72 Å². The summed E-state index contributed by atoms with van der Waals surface area (Å²) in [7, 11) is 0. The summed E-state index contributed by atoms with van der Waals surface area (Å²) in [5, 5.41) is 17.6. The second-order valence-corrected chi connectivity index (χ2v) is 5.14. The van der Waals surface area contributed by atoms with Crippen LogP contribution in [0.2, 0.25) is 0 Å². The van der Waals surface area contributed by atoms with E-state index in [1.807, 2.05) is 32.0 Å². The Hall–Kier alpha value is -2.70. The highest BCUT2D eigenvalue weighted by Crippen LogP contribution is 2.19. The summed E-state index contributed by atoms with van der Waals surface area (Å²) < 4.78 is 1.47. The van der Waals surface area contributed by atoms with Crippen LogP contribution in [0.4, 0.5) is 11.4 Å². The molecule has 2 aromatic rings. The van der Waals surface area contributed by atoms with Gasteiger partial charge >= 0.3 is 5.69 Å². The Morgan fingerprint density at radius 3 is 2.73 bits per heavy atom. The first kappa shape index (κ1) is 15.7. The van der Waals surface area contributed by atoms with E-state index in [0.29, 0.717) is 12.2 Å². The molecule has 0 aliphatic rings. The molecule has 0 aliphatic carbocycles.